The highest BCUT2D eigenvalue weighted by atomic mass is 16.5. The van der Waals surface area contributed by atoms with Gasteiger partial charge in [0.25, 0.3) is 0 Å². The van der Waals surface area contributed by atoms with Crippen molar-refractivity contribution in [1.29, 1.82) is 0 Å². The van der Waals surface area contributed by atoms with Crippen LogP contribution in [0.15, 0.2) is 24.0 Å². The van der Waals surface area contributed by atoms with E-state index in [2.05, 4.69) is 18.4 Å². The van der Waals surface area contributed by atoms with Crippen LogP contribution >= 0.6 is 0 Å². The van der Waals surface area contributed by atoms with Crippen LogP contribution in [0.25, 0.3) is 0 Å². The standard InChI is InChI=1S/C12H14O3/c1-9(5-4-6-13)8-12(3)11(14)7-10(2)15-12/h7,13H,1,6,8H2,2-3H3. The lowest BCUT2D eigenvalue weighted by Gasteiger charge is -2.22. The fraction of sp³-hybridized carbons (Fsp3) is 0.417. The van der Waals surface area contributed by atoms with Crippen molar-refractivity contribution >= 4 is 5.78 Å². The van der Waals surface area contributed by atoms with Crippen molar-refractivity contribution in [2.75, 3.05) is 6.61 Å². The number of carbonyl (C=O) groups excluding carboxylic acids is 1. The Morgan fingerprint density at radius 1 is 1.73 bits per heavy atom. The van der Waals surface area contributed by atoms with Gasteiger partial charge in [-0.3, -0.25) is 4.79 Å². The van der Waals surface area contributed by atoms with Crippen LogP contribution in [-0.2, 0) is 9.53 Å². The van der Waals surface area contributed by atoms with Gasteiger partial charge in [-0.1, -0.05) is 18.4 Å². The van der Waals surface area contributed by atoms with Gasteiger partial charge in [0.15, 0.2) is 5.60 Å². The van der Waals surface area contributed by atoms with E-state index in [9.17, 15) is 4.79 Å². The maximum absolute atomic E-state index is 11.6. The third-order valence-electron chi connectivity index (χ3n) is 2.14. The van der Waals surface area contributed by atoms with E-state index < -0.39 is 5.60 Å². The second-order valence-corrected chi connectivity index (χ2v) is 3.69. The molecular weight excluding hydrogens is 192 g/mol. The average molecular weight is 206 g/mol. The molecule has 0 bridgehead atoms. The Morgan fingerprint density at radius 3 is 2.87 bits per heavy atom. The molecule has 1 atom stereocenters. The van der Waals surface area contributed by atoms with Crippen molar-refractivity contribution < 1.29 is 14.6 Å². The number of hydrogen-bond donors (Lipinski definition) is 1. The van der Waals surface area contributed by atoms with Crippen molar-refractivity contribution in [3.05, 3.63) is 24.0 Å². The van der Waals surface area contributed by atoms with Gasteiger partial charge in [-0.25, -0.2) is 0 Å². The molecule has 0 amide bonds. The normalized spacial score (nSPS) is 23.9. The highest BCUT2D eigenvalue weighted by Gasteiger charge is 2.38. The molecule has 0 aromatic heterocycles. The SMILES string of the molecule is C=C(C#CCO)CC1(C)OC(C)=CC1=O. The summed E-state index contributed by atoms with van der Waals surface area (Å²) in [5.41, 5.74) is -0.284. The second-order valence-electron chi connectivity index (χ2n) is 3.69. The lowest BCUT2D eigenvalue weighted by Crippen LogP contribution is -2.32. The van der Waals surface area contributed by atoms with Crippen LogP contribution in [0.5, 0.6) is 0 Å². The fourth-order valence-electron chi connectivity index (χ4n) is 1.51. The number of allylic oxidation sites excluding steroid dienone is 1. The molecule has 0 fully saturated rings. The molecule has 1 rings (SSSR count). The number of ether oxygens (including phenoxy) is 1. The molecule has 0 spiro atoms. The Hall–Kier alpha value is -1.53. The van der Waals surface area contributed by atoms with Gasteiger partial charge >= 0.3 is 0 Å². The molecule has 1 aliphatic rings. The van der Waals surface area contributed by atoms with Gasteiger partial charge < -0.3 is 9.84 Å². The number of hydrogen-bond acceptors (Lipinski definition) is 3. The summed E-state index contributed by atoms with van der Waals surface area (Å²) in [5, 5.41) is 8.51. The number of rotatable bonds is 2. The van der Waals surface area contributed by atoms with Gasteiger partial charge in [-0.05, 0) is 19.4 Å². The maximum Gasteiger partial charge on any atom is 0.202 e. The zero-order chi connectivity index (χ0) is 11.5. The minimum Gasteiger partial charge on any atom is -0.484 e. The quantitative estimate of drug-likeness (QED) is 0.690. The number of aliphatic hydroxyl groups excluding tert-OH is 1. The molecule has 0 radical (unpaired) electrons. The van der Waals surface area contributed by atoms with E-state index in [1.165, 1.54) is 6.08 Å². The Kier molecular flexibility index (Phi) is 3.33. The average Bonchev–Trinajstić information content (AvgIpc) is 2.37. The highest BCUT2D eigenvalue weighted by Crippen LogP contribution is 2.29. The van der Waals surface area contributed by atoms with Crippen LogP contribution in [0.3, 0.4) is 0 Å². The summed E-state index contributed by atoms with van der Waals surface area (Å²) in [7, 11) is 0. The van der Waals surface area contributed by atoms with E-state index in [1.807, 2.05) is 0 Å². The van der Waals surface area contributed by atoms with Crippen molar-refractivity contribution in [1.82, 2.24) is 0 Å². The summed E-state index contributed by atoms with van der Waals surface area (Å²) in [6.45, 7) is 6.97. The van der Waals surface area contributed by atoms with Gasteiger partial charge in [0.1, 0.15) is 6.61 Å². The Morgan fingerprint density at radius 2 is 2.40 bits per heavy atom. The lowest BCUT2D eigenvalue weighted by atomic mass is 9.94. The van der Waals surface area contributed by atoms with E-state index in [4.69, 9.17) is 9.84 Å². The fourth-order valence-corrected chi connectivity index (χ4v) is 1.51. The third-order valence-corrected chi connectivity index (χ3v) is 2.14. The zero-order valence-corrected chi connectivity index (χ0v) is 8.96. The molecular formula is C12H14O3. The first-order valence-electron chi connectivity index (χ1n) is 4.67. The predicted octanol–water partition coefficient (Wildman–Crippen LogP) is 1.19. The highest BCUT2D eigenvalue weighted by molar-refractivity contribution is 5.99. The number of carbonyl (C=O) groups is 1. The van der Waals surface area contributed by atoms with Crippen LogP contribution in [0.2, 0.25) is 0 Å². The smallest absolute Gasteiger partial charge is 0.202 e. The first-order valence-corrected chi connectivity index (χ1v) is 4.67. The number of aliphatic hydroxyl groups is 1. The Bertz CT molecular complexity index is 381. The molecule has 1 unspecified atom stereocenters. The number of ketones is 1. The first-order chi connectivity index (χ1) is 6.98. The molecule has 1 heterocycles. The van der Waals surface area contributed by atoms with Crippen LogP contribution in [0.1, 0.15) is 20.3 Å². The van der Waals surface area contributed by atoms with E-state index in [-0.39, 0.29) is 12.4 Å². The summed E-state index contributed by atoms with van der Waals surface area (Å²) in [6.07, 6.45) is 1.83. The maximum atomic E-state index is 11.6. The van der Waals surface area contributed by atoms with E-state index in [0.29, 0.717) is 17.8 Å². The molecule has 0 aromatic carbocycles. The van der Waals surface area contributed by atoms with E-state index in [1.54, 1.807) is 13.8 Å². The molecule has 0 aliphatic carbocycles. The van der Waals surface area contributed by atoms with E-state index in [0.717, 1.165) is 0 Å². The monoisotopic (exact) mass is 206 g/mol. The molecule has 0 saturated carbocycles. The summed E-state index contributed by atoms with van der Waals surface area (Å²) in [4.78, 5) is 11.6. The third kappa shape index (κ3) is 2.71. The molecule has 0 saturated heterocycles. The van der Waals surface area contributed by atoms with Crippen LogP contribution < -0.4 is 0 Å². The summed E-state index contributed by atoms with van der Waals surface area (Å²) in [5.74, 6) is 5.71. The minimum absolute atomic E-state index is 0.0630. The Labute approximate surface area is 89.4 Å². The molecule has 3 heteroatoms. The Balaban J connectivity index is 2.67. The lowest BCUT2D eigenvalue weighted by molar-refractivity contribution is -0.128. The van der Waals surface area contributed by atoms with Crippen LogP contribution in [0, 0.1) is 11.8 Å². The summed E-state index contributed by atoms with van der Waals surface area (Å²) < 4.78 is 5.43. The van der Waals surface area contributed by atoms with Gasteiger partial charge in [-0.15, -0.1) is 0 Å². The van der Waals surface area contributed by atoms with Gasteiger partial charge in [-0.2, -0.15) is 0 Å². The van der Waals surface area contributed by atoms with Crippen LogP contribution in [0.4, 0.5) is 0 Å². The predicted molar refractivity (Wildman–Crippen MR) is 56.9 cm³/mol. The topological polar surface area (TPSA) is 46.5 Å². The molecule has 15 heavy (non-hydrogen) atoms. The first kappa shape index (κ1) is 11.5. The second kappa shape index (κ2) is 4.33. The molecule has 1 aliphatic heterocycles. The molecule has 80 valence electrons. The minimum atomic E-state index is -0.870. The summed E-state index contributed by atoms with van der Waals surface area (Å²) >= 11 is 0. The molecule has 1 N–H and O–H groups in total. The largest absolute Gasteiger partial charge is 0.484 e. The van der Waals surface area contributed by atoms with Crippen molar-refractivity contribution in [3.8, 4) is 11.8 Å². The van der Waals surface area contributed by atoms with Crippen molar-refractivity contribution in [3.63, 3.8) is 0 Å². The van der Waals surface area contributed by atoms with Gasteiger partial charge in [0.05, 0.1) is 5.76 Å². The van der Waals surface area contributed by atoms with E-state index >= 15 is 0 Å². The van der Waals surface area contributed by atoms with Crippen molar-refractivity contribution in [2.24, 2.45) is 0 Å². The van der Waals surface area contributed by atoms with Crippen LogP contribution in [-0.4, -0.2) is 23.1 Å². The zero-order valence-electron chi connectivity index (χ0n) is 8.96. The summed E-state index contributed by atoms with van der Waals surface area (Å²) in [6, 6.07) is 0. The molecule has 0 aromatic rings. The molecule has 3 nitrogen and oxygen atoms in total. The van der Waals surface area contributed by atoms with Crippen molar-refractivity contribution in [2.45, 2.75) is 25.9 Å². The van der Waals surface area contributed by atoms with Gasteiger partial charge in [0, 0.05) is 12.5 Å². The van der Waals surface area contributed by atoms with Gasteiger partial charge in [0.2, 0.25) is 5.78 Å².